The molecule has 0 aliphatic heterocycles. The van der Waals surface area contributed by atoms with Crippen molar-refractivity contribution < 1.29 is 12.9 Å². The zero-order valence-corrected chi connectivity index (χ0v) is 19.4. The molecular formula is C22H34N4O3S. The second-order valence-corrected chi connectivity index (χ2v) is 12.3. The highest BCUT2D eigenvalue weighted by Crippen LogP contribution is 2.31. The van der Waals surface area contributed by atoms with Crippen molar-refractivity contribution in [1.29, 1.82) is 0 Å². The summed E-state index contributed by atoms with van der Waals surface area (Å²) in [5.41, 5.74) is 0.794. The van der Waals surface area contributed by atoms with Crippen molar-refractivity contribution >= 4 is 16.0 Å². The van der Waals surface area contributed by atoms with Gasteiger partial charge in [-0.05, 0) is 71.8 Å². The number of hydrogen-bond donors (Lipinski definition) is 2. The van der Waals surface area contributed by atoms with E-state index in [1.54, 1.807) is 20.8 Å². The maximum Gasteiger partial charge on any atom is 0.321 e. The lowest BCUT2D eigenvalue weighted by atomic mass is 9.84. The van der Waals surface area contributed by atoms with E-state index in [0.29, 0.717) is 24.3 Å². The smallest absolute Gasteiger partial charge is 0.321 e. The predicted octanol–water partition coefficient (Wildman–Crippen LogP) is 4.08. The van der Waals surface area contributed by atoms with E-state index in [1.807, 2.05) is 18.2 Å². The van der Waals surface area contributed by atoms with Crippen molar-refractivity contribution in [2.45, 2.75) is 76.5 Å². The fourth-order valence-corrected chi connectivity index (χ4v) is 4.54. The summed E-state index contributed by atoms with van der Waals surface area (Å²) < 4.78 is 31.9. The number of nitrogens with zero attached hydrogens (tertiary/aromatic N) is 2. The Morgan fingerprint density at radius 3 is 2.27 bits per heavy atom. The zero-order valence-electron chi connectivity index (χ0n) is 18.6. The van der Waals surface area contributed by atoms with Gasteiger partial charge in [0.15, 0.2) is 5.82 Å². The van der Waals surface area contributed by atoms with E-state index >= 15 is 0 Å². The first-order valence-electron chi connectivity index (χ1n) is 10.6. The number of benzene rings is 1. The van der Waals surface area contributed by atoms with Gasteiger partial charge in [0.05, 0.1) is 10.2 Å². The molecule has 0 spiro atoms. The van der Waals surface area contributed by atoms with E-state index in [2.05, 4.69) is 46.2 Å². The Kier molecular flexibility index (Phi) is 6.57. The van der Waals surface area contributed by atoms with E-state index in [4.69, 9.17) is 4.52 Å². The zero-order chi connectivity index (χ0) is 22.0. The van der Waals surface area contributed by atoms with Crippen LogP contribution in [0.1, 0.15) is 71.7 Å². The van der Waals surface area contributed by atoms with E-state index in [-0.39, 0.29) is 11.5 Å². The lowest BCUT2D eigenvalue weighted by Gasteiger charge is -2.29. The first-order chi connectivity index (χ1) is 14.0. The minimum absolute atomic E-state index is 0.258. The molecule has 2 aromatic rings. The van der Waals surface area contributed by atoms with Crippen molar-refractivity contribution in [3.05, 3.63) is 41.7 Å². The Morgan fingerprint density at radius 2 is 1.67 bits per heavy atom. The molecule has 0 saturated heterocycles. The average molecular weight is 435 g/mol. The van der Waals surface area contributed by atoms with Crippen molar-refractivity contribution in [1.82, 2.24) is 14.9 Å². The van der Waals surface area contributed by atoms with Gasteiger partial charge in [-0.25, -0.2) is 13.1 Å². The number of rotatable bonds is 7. The van der Waals surface area contributed by atoms with Crippen LogP contribution in [0.2, 0.25) is 0 Å². The molecule has 1 aliphatic carbocycles. The van der Waals surface area contributed by atoms with Crippen LogP contribution in [0.25, 0.3) is 0 Å². The largest absolute Gasteiger partial charge is 0.335 e. The quantitative estimate of drug-likeness (QED) is 0.681. The molecule has 0 unspecified atom stereocenters. The number of hydrogen-bond acceptors (Lipinski definition) is 6. The van der Waals surface area contributed by atoms with Crippen LogP contribution in [0, 0.1) is 5.92 Å². The predicted molar refractivity (Wildman–Crippen MR) is 119 cm³/mol. The Morgan fingerprint density at radius 1 is 1.03 bits per heavy atom. The number of anilines is 1. The van der Waals surface area contributed by atoms with Gasteiger partial charge in [0, 0.05) is 12.6 Å². The minimum atomic E-state index is -3.29. The Labute approximate surface area is 180 Å². The number of sulfonamides is 1. The molecule has 1 fully saturated rings. The van der Waals surface area contributed by atoms with Crippen LogP contribution in [-0.2, 0) is 15.4 Å². The van der Waals surface area contributed by atoms with Gasteiger partial charge in [0.2, 0.25) is 10.0 Å². The molecule has 1 aliphatic rings. The summed E-state index contributed by atoms with van der Waals surface area (Å²) in [7, 11) is -3.29. The SMILES string of the molecule is CC(C)(c1ccccc1)c1noc(NC2CCC(CNS(=O)(=O)C(C)(C)C)CC2)n1. The van der Waals surface area contributed by atoms with E-state index in [0.717, 1.165) is 31.2 Å². The molecule has 1 aromatic heterocycles. The Balaban J connectivity index is 1.52. The highest BCUT2D eigenvalue weighted by molar-refractivity contribution is 7.90. The average Bonchev–Trinajstić information content (AvgIpc) is 3.17. The first-order valence-corrected chi connectivity index (χ1v) is 12.1. The number of aromatic nitrogens is 2. The molecule has 1 heterocycles. The van der Waals surface area contributed by atoms with Crippen LogP contribution in [0.5, 0.6) is 0 Å². The van der Waals surface area contributed by atoms with E-state index < -0.39 is 14.8 Å². The molecular weight excluding hydrogens is 400 g/mol. The fourth-order valence-electron chi connectivity index (χ4n) is 3.65. The van der Waals surface area contributed by atoms with Crippen molar-refractivity contribution in [3.8, 4) is 0 Å². The normalized spacial score (nSPS) is 20.8. The lowest BCUT2D eigenvalue weighted by molar-refractivity contribution is 0.328. The van der Waals surface area contributed by atoms with Gasteiger partial charge in [-0.2, -0.15) is 4.98 Å². The van der Waals surface area contributed by atoms with Crippen LogP contribution in [0.15, 0.2) is 34.9 Å². The summed E-state index contributed by atoms with van der Waals surface area (Å²) in [6.45, 7) is 9.82. The molecule has 1 saturated carbocycles. The standard InChI is InChI=1S/C22H34N4O3S/c1-21(2,3)30(27,28)23-15-16-11-13-18(14-12-16)24-20-25-19(26-29-20)22(4,5)17-9-7-6-8-10-17/h6-10,16,18,23H,11-15H2,1-5H3,(H,24,25,26). The molecule has 30 heavy (non-hydrogen) atoms. The van der Waals surface area contributed by atoms with Crippen LogP contribution in [-0.4, -0.2) is 35.9 Å². The molecule has 1 aromatic carbocycles. The maximum atomic E-state index is 12.2. The van der Waals surface area contributed by atoms with Crippen molar-refractivity contribution in [3.63, 3.8) is 0 Å². The van der Waals surface area contributed by atoms with Crippen LogP contribution >= 0.6 is 0 Å². The number of nitrogens with one attached hydrogen (secondary N) is 2. The maximum absolute atomic E-state index is 12.2. The van der Waals surface area contributed by atoms with E-state index in [9.17, 15) is 8.42 Å². The first kappa shape index (κ1) is 22.7. The molecule has 3 rings (SSSR count). The second-order valence-electron chi connectivity index (χ2n) is 9.74. The second kappa shape index (κ2) is 8.67. The molecule has 166 valence electrons. The highest BCUT2D eigenvalue weighted by Gasteiger charge is 2.31. The topological polar surface area (TPSA) is 97.1 Å². The third-order valence-electron chi connectivity index (χ3n) is 6.02. The summed E-state index contributed by atoms with van der Waals surface area (Å²) in [5.74, 6) is 1.01. The van der Waals surface area contributed by atoms with Gasteiger partial charge in [0.25, 0.3) is 0 Å². The third-order valence-corrected chi connectivity index (χ3v) is 8.18. The van der Waals surface area contributed by atoms with Crippen LogP contribution in [0.3, 0.4) is 0 Å². The van der Waals surface area contributed by atoms with Crippen molar-refractivity contribution in [2.75, 3.05) is 11.9 Å². The van der Waals surface area contributed by atoms with Gasteiger partial charge in [-0.1, -0.05) is 35.5 Å². The molecule has 8 heteroatoms. The van der Waals surface area contributed by atoms with E-state index in [1.165, 1.54) is 0 Å². The Hall–Kier alpha value is -1.93. The lowest BCUT2D eigenvalue weighted by Crippen LogP contribution is -2.42. The fraction of sp³-hybridized carbons (Fsp3) is 0.636. The van der Waals surface area contributed by atoms with Gasteiger partial charge < -0.3 is 9.84 Å². The molecule has 0 atom stereocenters. The summed E-state index contributed by atoms with van der Waals surface area (Å²) in [6, 6.07) is 10.9. The van der Waals surface area contributed by atoms with Crippen molar-refractivity contribution in [2.24, 2.45) is 5.92 Å². The molecule has 2 N–H and O–H groups in total. The molecule has 7 nitrogen and oxygen atoms in total. The molecule has 0 amide bonds. The summed E-state index contributed by atoms with van der Waals surface area (Å²) in [4.78, 5) is 4.59. The van der Waals surface area contributed by atoms with Gasteiger partial charge >= 0.3 is 6.01 Å². The highest BCUT2D eigenvalue weighted by atomic mass is 32.2. The third kappa shape index (κ3) is 5.21. The molecule has 0 bridgehead atoms. The van der Waals surface area contributed by atoms with Gasteiger partial charge in [-0.15, -0.1) is 0 Å². The van der Waals surface area contributed by atoms with Crippen LogP contribution < -0.4 is 10.0 Å². The minimum Gasteiger partial charge on any atom is -0.335 e. The van der Waals surface area contributed by atoms with Gasteiger partial charge in [-0.3, -0.25) is 0 Å². The summed E-state index contributed by atoms with van der Waals surface area (Å²) in [5, 5.41) is 7.56. The summed E-state index contributed by atoms with van der Waals surface area (Å²) >= 11 is 0. The molecule has 0 radical (unpaired) electrons. The van der Waals surface area contributed by atoms with Crippen LogP contribution in [0.4, 0.5) is 6.01 Å². The monoisotopic (exact) mass is 434 g/mol. The summed E-state index contributed by atoms with van der Waals surface area (Å²) in [6.07, 6.45) is 3.81. The van der Waals surface area contributed by atoms with Gasteiger partial charge in [0.1, 0.15) is 0 Å². The Bertz CT molecular complexity index is 925.